The molecule has 42 heavy (non-hydrogen) atoms. The van der Waals surface area contributed by atoms with Crippen LogP contribution in [0.15, 0.2) is 102 Å². The molecule has 0 atom stereocenters. The lowest BCUT2D eigenvalue weighted by Crippen LogP contribution is -2.12. The molecule has 6 rings (SSSR count). The minimum atomic E-state index is -0.313. The second-order valence-corrected chi connectivity index (χ2v) is 11.3. The third kappa shape index (κ3) is 6.19. The van der Waals surface area contributed by atoms with Crippen LogP contribution in [0.3, 0.4) is 0 Å². The number of hydrogen-bond donors (Lipinski definition) is 0. The molecule has 0 aliphatic heterocycles. The lowest BCUT2D eigenvalue weighted by Gasteiger charge is -2.16. The fourth-order valence-corrected chi connectivity index (χ4v) is 5.42. The molecule has 0 bridgehead atoms. The Kier molecular flexibility index (Phi) is 8.93. The van der Waals surface area contributed by atoms with E-state index in [9.17, 15) is 4.39 Å². The summed E-state index contributed by atoms with van der Waals surface area (Å²) in [5.74, 6) is 3.66. The number of hydrogen-bond acceptors (Lipinski definition) is 7. The number of thioether (sulfide) groups is 1. The average Bonchev–Trinajstić information content (AvgIpc) is 3.01. The molecule has 6 nitrogen and oxygen atoms in total. The average molecular weight is 577 g/mol. The van der Waals surface area contributed by atoms with Gasteiger partial charge in [-0.25, -0.2) is 24.3 Å². The summed E-state index contributed by atoms with van der Waals surface area (Å²) in [6.07, 6.45) is 0. The van der Waals surface area contributed by atoms with Crippen molar-refractivity contribution in [3.8, 4) is 22.8 Å². The minimum absolute atomic E-state index is 0.313. The van der Waals surface area contributed by atoms with Gasteiger partial charge in [0.25, 0.3) is 0 Å². The molecule has 0 unspecified atom stereocenters. The second-order valence-electron chi connectivity index (χ2n) is 9.97. The maximum absolute atomic E-state index is 13.9. The first-order valence-electron chi connectivity index (χ1n) is 13.7. The molecule has 0 fully saturated rings. The van der Waals surface area contributed by atoms with Gasteiger partial charge >= 0.3 is 0 Å². The Morgan fingerprint density at radius 3 is 1.55 bits per heavy atom. The lowest BCUT2D eigenvalue weighted by atomic mass is 10.1. The highest BCUT2D eigenvalue weighted by Gasteiger charge is 2.14. The fraction of sp³-hybridized carbons (Fsp3) is 0.176. The molecule has 2 heterocycles. The van der Waals surface area contributed by atoms with E-state index in [-0.39, 0.29) is 5.82 Å². The zero-order valence-electron chi connectivity index (χ0n) is 24.4. The van der Waals surface area contributed by atoms with Crippen LogP contribution < -0.4 is 9.80 Å². The summed E-state index contributed by atoms with van der Waals surface area (Å²) < 4.78 is 13.9. The number of anilines is 2. The molecule has 0 saturated carbocycles. The van der Waals surface area contributed by atoms with Crippen LogP contribution in [-0.4, -0.2) is 53.9 Å². The van der Waals surface area contributed by atoms with E-state index in [0.29, 0.717) is 11.4 Å². The van der Waals surface area contributed by atoms with Gasteiger partial charge in [0.05, 0.1) is 16.6 Å². The van der Waals surface area contributed by atoms with E-state index in [1.807, 2.05) is 98.3 Å². The van der Waals surface area contributed by atoms with Crippen LogP contribution >= 0.6 is 11.8 Å². The Labute approximate surface area is 250 Å². The topological polar surface area (TPSA) is 58.0 Å². The molecule has 4 aromatic carbocycles. The van der Waals surface area contributed by atoms with Crippen molar-refractivity contribution in [2.45, 2.75) is 11.8 Å². The summed E-state index contributed by atoms with van der Waals surface area (Å²) in [5, 5.41) is 2.04. The van der Waals surface area contributed by atoms with Crippen molar-refractivity contribution in [2.75, 3.05) is 43.7 Å². The monoisotopic (exact) mass is 576 g/mol. The molecular weight excluding hydrogens is 543 g/mol. The number of rotatable bonds is 6. The third-order valence-corrected chi connectivity index (χ3v) is 7.51. The molecule has 0 spiro atoms. The lowest BCUT2D eigenvalue weighted by molar-refractivity contribution is 0.630. The Bertz CT molecular complexity index is 1840. The van der Waals surface area contributed by atoms with E-state index in [4.69, 9.17) is 9.97 Å². The van der Waals surface area contributed by atoms with E-state index < -0.39 is 0 Å². The Balaban J connectivity index is 0.000000169. The van der Waals surface area contributed by atoms with Crippen molar-refractivity contribution >= 4 is 45.2 Å². The maximum Gasteiger partial charge on any atom is 0.165 e. The van der Waals surface area contributed by atoms with E-state index in [1.165, 1.54) is 11.0 Å². The van der Waals surface area contributed by atoms with Crippen LogP contribution in [0, 0.1) is 5.82 Å². The van der Waals surface area contributed by atoms with Gasteiger partial charge in [0, 0.05) is 49.4 Å². The Hall–Kier alpha value is -4.56. The van der Waals surface area contributed by atoms with Gasteiger partial charge < -0.3 is 9.80 Å². The molecule has 0 aliphatic rings. The maximum atomic E-state index is 13.9. The summed E-state index contributed by atoms with van der Waals surface area (Å²) in [5.41, 5.74) is 3.31. The summed E-state index contributed by atoms with van der Waals surface area (Å²) in [6, 6.07) is 30.8. The molecule has 8 heteroatoms. The van der Waals surface area contributed by atoms with Gasteiger partial charge in [-0.3, -0.25) is 0 Å². The zero-order valence-corrected chi connectivity index (χ0v) is 25.2. The summed E-state index contributed by atoms with van der Waals surface area (Å²) in [4.78, 5) is 23.8. The van der Waals surface area contributed by atoms with Crippen LogP contribution in [0.2, 0.25) is 0 Å². The van der Waals surface area contributed by atoms with E-state index in [2.05, 4.69) is 41.2 Å². The zero-order chi connectivity index (χ0) is 29.6. The predicted molar refractivity (Wildman–Crippen MR) is 175 cm³/mol. The summed E-state index contributed by atoms with van der Waals surface area (Å²) >= 11 is 1.82. The highest BCUT2D eigenvalue weighted by Crippen LogP contribution is 2.32. The molecule has 6 aromatic rings. The standard InChI is InChI=1S/C18H19N3S.C16H14FN3/c1-4-22-16-12-8-6-10-14(16)17-19-15-11-7-5-9-13(15)18(20-17)21(2)3;1-20(2)16-12-8-4-6-10-14(12)18-15(19-16)11-7-3-5-9-13(11)17/h5-12H,4H2,1-3H3;3-10H,1-2H3. The molecule has 212 valence electrons. The number of nitrogens with zero attached hydrogens (tertiary/aromatic N) is 6. The van der Waals surface area contributed by atoms with Crippen LogP contribution in [0.4, 0.5) is 16.0 Å². The molecule has 0 saturated heterocycles. The number of aromatic nitrogens is 4. The third-order valence-electron chi connectivity index (χ3n) is 6.56. The van der Waals surface area contributed by atoms with Crippen molar-refractivity contribution < 1.29 is 4.39 Å². The Morgan fingerprint density at radius 2 is 1.02 bits per heavy atom. The van der Waals surface area contributed by atoms with Crippen molar-refractivity contribution in [3.63, 3.8) is 0 Å². The normalized spacial score (nSPS) is 10.8. The van der Waals surface area contributed by atoms with E-state index in [0.717, 1.165) is 50.6 Å². The molecule has 0 radical (unpaired) electrons. The molecular formula is C34H33FN6S. The SMILES string of the molecule is CCSc1ccccc1-c1nc(N(C)C)c2ccccc2n1.CN(C)c1nc(-c2ccccc2F)nc2ccccc12. The van der Waals surface area contributed by atoms with Crippen molar-refractivity contribution in [1.82, 2.24) is 19.9 Å². The quantitative estimate of drug-likeness (QED) is 0.186. The van der Waals surface area contributed by atoms with Crippen LogP contribution in [-0.2, 0) is 0 Å². The first-order chi connectivity index (χ1) is 20.4. The summed E-state index contributed by atoms with van der Waals surface area (Å²) in [6.45, 7) is 2.16. The predicted octanol–water partition coefficient (Wildman–Crippen LogP) is 7.98. The van der Waals surface area contributed by atoms with Gasteiger partial charge in [0.1, 0.15) is 17.5 Å². The smallest absolute Gasteiger partial charge is 0.165 e. The number of para-hydroxylation sites is 2. The molecule has 0 aliphatic carbocycles. The van der Waals surface area contributed by atoms with Gasteiger partial charge in [-0.15, -0.1) is 11.8 Å². The van der Waals surface area contributed by atoms with Crippen molar-refractivity contribution in [1.29, 1.82) is 0 Å². The highest BCUT2D eigenvalue weighted by molar-refractivity contribution is 7.99. The van der Waals surface area contributed by atoms with Crippen molar-refractivity contribution in [2.24, 2.45) is 0 Å². The van der Waals surface area contributed by atoms with Crippen LogP contribution in [0.25, 0.3) is 44.6 Å². The largest absolute Gasteiger partial charge is 0.362 e. The van der Waals surface area contributed by atoms with Gasteiger partial charge in [-0.1, -0.05) is 61.5 Å². The minimum Gasteiger partial charge on any atom is -0.362 e. The van der Waals surface area contributed by atoms with Gasteiger partial charge in [0.2, 0.25) is 0 Å². The summed E-state index contributed by atoms with van der Waals surface area (Å²) in [7, 11) is 7.87. The molecule has 0 amide bonds. The molecule has 0 N–H and O–H groups in total. The van der Waals surface area contributed by atoms with Gasteiger partial charge in [0.15, 0.2) is 11.6 Å². The second kappa shape index (κ2) is 13.0. The number of fused-ring (bicyclic) bond motifs is 2. The molecule has 2 aromatic heterocycles. The first-order valence-corrected chi connectivity index (χ1v) is 14.7. The highest BCUT2D eigenvalue weighted by atomic mass is 32.2. The first kappa shape index (κ1) is 29.0. The van der Waals surface area contributed by atoms with E-state index >= 15 is 0 Å². The van der Waals surface area contributed by atoms with Crippen molar-refractivity contribution in [3.05, 3.63) is 103 Å². The van der Waals surface area contributed by atoms with Crippen LogP contribution in [0.5, 0.6) is 0 Å². The van der Waals surface area contributed by atoms with Crippen LogP contribution in [0.1, 0.15) is 6.92 Å². The fourth-order valence-electron chi connectivity index (χ4n) is 4.62. The van der Waals surface area contributed by atoms with Gasteiger partial charge in [-0.05, 0) is 48.2 Å². The number of halogens is 1. The number of benzene rings is 4. The van der Waals surface area contributed by atoms with E-state index in [1.54, 1.807) is 18.2 Å². The Morgan fingerprint density at radius 1 is 0.571 bits per heavy atom. The van der Waals surface area contributed by atoms with Gasteiger partial charge in [-0.2, -0.15) is 0 Å².